The zero-order valence-corrected chi connectivity index (χ0v) is 36.7. The van der Waals surface area contributed by atoms with Crippen molar-refractivity contribution in [1.82, 2.24) is 28.5 Å². The van der Waals surface area contributed by atoms with Crippen molar-refractivity contribution in [1.29, 1.82) is 0 Å². The topological polar surface area (TPSA) is 183 Å². The van der Waals surface area contributed by atoms with E-state index in [1.165, 1.54) is 19.0 Å². The first-order valence-corrected chi connectivity index (χ1v) is 22.3. The number of carbonyl (C=O) groups excluding carboxylic acids is 4. The summed E-state index contributed by atoms with van der Waals surface area (Å²) in [6.07, 6.45) is 6.64. The van der Waals surface area contributed by atoms with E-state index in [-0.39, 0.29) is 55.8 Å². The maximum atomic E-state index is 14.7. The lowest BCUT2D eigenvalue weighted by atomic mass is 9.90. The molecule has 0 radical (unpaired) electrons. The van der Waals surface area contributed by atoms with Gasteiger partial charge >= 0.3 is 16.2 Å². The number of rotatable bonds is 10. The van der Waals surface area contributed by atoms with Crippen LogP contribution in [0.2, 0.25) is 0 Å². The highest BCUT2D eigenvalue weighted by Crippen LogP contribution is 2.57. The van der Waals surface area contributed by atoms with Crippen LogP contribution in [0.15, 0.2) is 34.8 Å². The fraction of sp³-hybridized carbons (Fsp3) is 0.628. The van der Waals surface area contributed by atoms with Gasteiger partial charge in [-0.05, 0) is 84.3 Å². The summed E-state index contributed by atoms with van der Waals surface area (Å²) in [6, 6.07) is 5.06. The molecule has 4 heterocycles. The third-order valence-corrected chi connectivity index (χ3v) is 13.0. The van der Waals surface area contributed by atoms with Gasteiger partial charge < -0.3 is 18.8 Å². The number of allylic oxidation sites excluding steroid dienone is 2. The standard InChI is InChI=1S/C43H60N6O9S/c1-10-48-32-20-16-19-31(38-44-36(26(2)3)27(4)56-38)37(32)45-41(48)57-30-22-33-34(50)24-43(40(53)46-59(54,55)47(8)9)23-29(43)18-15-13-11-12-14-17-28(39(52)49(33)25-30)21-35(51)58-42(5,6)7/h15-16,18-20,26,28-30,33H,10-14,17,21-25H2,1-9H3,(H,46,53)/b18-15-/t28-,29-,30-,33+,43-/m1/s1. The molecule has 0 bridgehead atoms. The van der Waals surface area contributed by atoms with Gasteiger partial charge in [-0.25, -0.2) is 9.71 Å². The molecule has 1 N–H and O–H groups in total. The molecule has 1 aliphatic carbocycles. The number of nitrogens with one attached hydrogen (secondary N) is 1. The van der Waals surface area contributed by atoms with Crippen LogP contribution >= 0.6 is 0 Å². The highest BCUT2D eigenvalue weighted by molar-refractivity contribution is 7.87. The summed E-state index contributed by atoms with van der Waals surface area (Å²) in [4.78, 5) is 67.6. The van der Waals surface area contributed by atoms with E-state index in [4.69, 9.17) is 23.9 Å². The molecule has 2 amide bonds. The van der Waals surface area contributed by atoms with Crippen LogP contribution in [0.25, 0.3) is 22.5 Å². The fourth-order valence-electron chi connectivity index (χ4n) is 8.42. The van der Waals surface area contributed by atoms with Gasteiger partial charge in [0.15, 0.2) is 5.78 Å². The zero-order valence-electron chi connectivity index (χ0n) is 35.9. The van der Waals surface area contributed by atoms with E-state index in [0.29, 0.717) is 42.4 Å². The van der Waals surface area contributed by atoms with Crippen LogP contribution < -0.4 is 9.46 Å². The van der Waals surface area contributed by atoms with E-state index in [1.54, 1.807) is 20.8 Å². The van der Waals surface area contributed by atoms with E-state index in [1.807, 2.05) is 48.8 Å². The monoisotopic (exact) mass is 836 g/mol. The van der Waals surface area contributed by atoms with Crippen LogP contribution in [0.1, 0.15) is 117 Å². The van der Waals surface area contributed by atoms with Gasteiger partial charge in [-0.3, -0.25) is 23.7 Å². The molecule has 0 unspecified atom stereocenters. The average molecular weight is 837 g/mol. The Kier molecular flexibility index (Phi) is 12.8. The molecule has 6 rings (SSSR count). The molecule has 0 spiro atoms. The van der Waals surface area contributed by atoms with Crippen LogP contribution in [0, 0.1) is 24.2 Å². The smallest absolute Gasteiger partial charge is 0.307 e. The van der Waals surface area contributed by atoms with Crippen molar-refractivity contribution in [2.75, 3.05) is 20.6 Å². The molecule has 1 aromatic carbocycles. The Morgan fingerprint density at radius 2 is 1.86 bits per heavy atom. The van der Waals surface area contributed by atoms with E-state index in [0.717, 1.165) is 40.5 Å². The van der Waals surface area contributed by atoms with Gasteiger partial charge in [0.05, 0.1) is 41.2 Å². The molecule has 59 heavy (non-hydrogen) atoms. The Morgan fingerprint density at radius 3 is 2.53 bits per heavy atom. The lowest BCUT2D eigenvalue weighted by Crippen LogP contribution is -2.47. The molecule has 2 aromatic heterocycles. The molecule has 2 fully saturated rings. The molecular weight excluding hydrogens is 777 g/mol. The van der Waals surface area contributed by atoms with Crippen molar-refractivity contribution in [2.45, 2.75) is 136 Å². The second-order valence-corrected chi connectivity index (χ2v) is 19.7. The predicted molar refractivity (Wildman–Crippen MR) is 221 cm³/mol. The molecule has 1 saturated carbocycles. The van der Waals surface area contributed by atoms with E-state index in [9.17, 15) is 27.6 Å². The SMILES string of the molecule is CCn1c(O[C@@H]2C[C@H]3C(=O)C[C@]4(C(=O)NS(=O)(=O)N(C)C)C[C@H]4/C=C\CCCCC[C@H](CC(=O)OC(C)(C)C)C(=O)N3C2)nc2c(-c3nc(C(C)C)c(C)o3)cccc21. The Balaban J connectivity index is 1.35. The van der Waals surface area contributed by atoms with Crippen molar-refractivity contribution in [3.8, 4) is 17.5 Å². The third-order valence-electron chi connectivity index (χ3n) is 11.6. The zero-order chi connectivity index (χ0) is 43.0. The first kappa shape index (κ1) is 44.0. The molecule has 2 aliphatic heterocycles. The van der Waals surface area contributed by atoms with Gasteiger partial charge in [0.25, 0.3) is 6.01 Å². The quantitative estimate of drug-likeness (QED) is 0.180. The summed E-state index contributed by atoms with van der Waals surface area (Å²) in [5.74, 6) is -1.74. The highest BCUT2D eigenvalue weighted by atomic mass is 32.2. The number of carbonyl (C=O) groups is 4. The van der Waals surface area contributed by atoms with Crippen molar-refractivity contribution in [3.63, 3.8) is 0 Å². The molecule has 5 atom stereocenters. The van der Waals surface area contributed by atoms with Crippen LogP contribution in [0.4, 0.5) is 0 Å². The van der Waals surface area contributed by atoms with Crippen LogP contribution in [-0.2, 0) is 40.7 Å². The molecule has 15 nitrogen and oxygen atoms in total. The minimum atomic E-state index is -4.14. The van der Waals surface area contributed by atoms with E-state index >= 15 is 0 Å². The molecular formula is C43H60N6O9S. The molecule has 3 aliphatic rings. The summed E-state index contributed by atoms with van der Waals surface area (Å²) < 4.78 is 49.0. The number of hydrogen-bond donors (Lipinski definition) is 1. The number of ether oxygens (including phenoxy) is 2. The van der Waals surface area contributed by atoms with Crippen LogP contribution in [0.5, 0.6) is 6.01 Å². The number of amides is 2. The minimum absolute atomic E-state index is 0.0358. The van der Waals surface area contributed by atoms with E-state index in [2.05, 4.69) is 18.6 Å². The Hall–Kier alpha value is -4.57. The van der Waals surface area contributed by atoms with Crippen molar-refractivity contribution in [2.24, 2.45) is 17.3 Å². The van der Waals surface area contributed by atoms with Crippen molar-refractivity contribution >= 4 is 44.8 Å². The number of aryl methyl sites for hydroxylation is 2. The number of hydrogen-bond acceptors (Lipinski definition) is 11. The molecule has 322 valence electrons. The first-order valence-electron chi connectivity index (χ1n) is 20.8. The fourth-order valence-corrected chi connectivity index (χ4v) is 9.04. The second kappa shape index (κ2) is 17.2. The van der Waals surface area contributed by atoms with Gasteiger partial charge in [-0.2, -0.15) is 17.7 Å². The highest BCUT2D eigenvalue weighted by Gasteiger charge is 2.61. The third kappa shape index (κ3) is 9.58. The summed E-state index contributed by atoms with van der Waals surface area (Å²) in [6.45, 7) is 13.8. The van der Waals surface area contributed by atoms with Crippen molar-refractivity contribution in [3.05, 3.63) is 41.8 Å². The van der Waals surface area contributed by atoms with Gasteiger partial charge in [0, 0.05) is 39.4 Å². The number of nitrogens with zero attached hydrogens (tertiary/aromatic N) is 5. The number of esters is 1. The number of para-hydroxylation sites is 1. The Morgan fingerprint density at radius 1 is 1.12 bits per heavy atom. The normalized spacial score (nSPS) is 25.0. The number of oxazole rings is 1. The summed E-state index contributed by atoms with van der Waals surface area (Å²) >= 11 is 0. The average Bonchev–Trinajstić information content (AvgIpc) is 3.41. The van der Waals surface area contributed by atoms with E-state index < -0.39 is 51.2 Å². The molecule has 3 aromatic rings. The summed E-state index contributed by atoms with van der Waals surface area (Å²) in [7, 11) is -1.50. The Bertz CT molecular complexity index is 2220. The van der Waals surface area contributed by atoms with Gasteiger partial charge in [0.2, 0.25) is 17.7 Å². The number of aromatic nitrogens is 3. The number of imidazole rings is 1. The van der Waals surface area contributed by atoms with Crippen molar-refractivity contribution < 1.29 is 41.5 Å². The lowest BCUT2D eigenvalue weighted by molar-refractivity contribution is -0.159. The van der Waals surface area contributed by atoms with Crippen LogP contribution in [0.3, 0.4) is 0 Å². The first-order chi connectivity index (χ1) is 27.7. The maximum absolute atomic E-state index is 14.7. The largest absolute Gasteiger partial charge is 0.460 e. The van der Waals surface area contributed by atoms with Crippen LogP contribution in [-0.4, -0.2) is 94.1 Å². The van der Waals surface area contributed by atoms with Gasteiger partial charge in [0.1, 0.15) is 23.0 Å². The summed E-state index contributed by atoms with van der Waals surface area (Å²) in [5.41, 5.74) is 0.946. The second-order valence-electron chi connectivity index (χ2n) is 17.8. The molecule has 1 saturated heterocycles. The number of fused-ring (bicyclic) bond motifs is 3. The van der Waals surface area contributed by atoms with Gasteiger partial charge in [-0.1, -0.05) is 44.9 Å². The number of ketones is 1. The summed E-state index contributed by atoms with van der Waals surface area (Å²) in [5, 5.41) is 0. The van der Waals surface area contributed by atoms with Gasteiger partial charge in [-0.15, -0.1) is 0 Å². The minimum Gasteiger partial charge on any atom is -0.460 e. The predicted octanol–water partition coefficient (Wildman–Crippen LogP) is 6.25. The maximum Gasteiger partial charge on any atom is 0.307 e. The number of Topliss-reactive ketones (excluding diaryl/α,β-unsaturated/α-hetero) is 1. The lowest BCUT2D eigenvalue weighted by Gasteiger charge is -2.29. The Labute approximate surface area is 347 Å². The molecule has 16 heteroatoms. The number of benzene rings is 1.